The predicted molar refractivity (Wildman–Crippen MR) is 95.3 cm³/mol. The Balaban J connectivity index is 1.77. The first-order valence-corrected chi connectivity index (χ1v) is 8.42. The molecule has 1 heterocycles. The summed E-state index contributed by atoms with van der Waals surface area (Å²) in [6.07, 6.45) is 1.10. The molecule has 0 spiro atoms. The molecule has 126 valence electrons. The van der Waals surface area contributed by atoms with E-state index in [0.717, 1.165) is 28.8 Å². The van der Waals surface area contributed by atoms with E-state index in [4.69, 9.17) is 21.1 Å². The fourth-order valence-electron chi connectivity index (χ4n) is 2.84. The lowest BCUT2D eigenvalue weighted by molar-refractivity contribution is -0.115. The minimum absolute atomic E-state index is 0.0771. The summed E-state index contributed by atoms with van der Waals surface area (Å²) in [5, 5.41) is 3.50. The number of benzene rings is 2. The number of aryl methyl sites for hydroxylation is 2. The van der Waals surface area contributed by atoms with Crippen LogP contribution in [-0.2, 0) is 17.6 Å². The number of carbonyl (C=O) groups is 1. The number of amides is 1. The van der Waals surface area contributed by atoms with Gasteiger partial charge in [-0.05, 0) is 42.2 Å². The number of anilines is 1. The maximum absolute atomic E-state index is 12.5. The molecule has 2 aromatic rings. The number of fused-ring (bicyclic) bond motifs is 1. The van der Waals surface area contributed by atoms with Gasteiger partial charge in [-0.25, -0.2) is 0 Å². The lowest BCUT2D eigenvalue weighted by Crippen LogP contribution is -2.18. The number of nitrogens with one attached hydrogen (secondary N) is 1. The highest BCUT2D eigenvalue weighted by Crippen LogP contribution is 2.38. The monoisotopic (exact) mass is 345 g/mol. The third-order valence-electron chi connectivity index (χ3n) is 4.03. The number of halogens is 1. The summed E-state index contributed by atoms with van der Waals surface area (Å²) in [4.78, 5) is 12.5. The van der Waals surface area contributed by atoms with E-state index in [9.17, 15) is 4.79 Å². The molecule has 1 aliphatic rings. The standard InChI is InChI=1S/C19H20ClNO3/c1-3-14-6-4-5-12(2)18(14)21-17(22)11-13-9-15(20)19-16(10-13)23-7-8-24-19/h4-6,9-10H,3,7-8,11H2,1-2H3,(H,21,22). The zero-order chi connectivity index (χ0) is 17.1. The average molecular weight is 346 g/mol. The van der Waals surface area contributed by atoms with Crippen LogP contribution in [0.5, 0.6) is 11.5 Å². The highest BCUT2D eigenvalue weighted by Gasteiger charge is 2.18. The van der Waals surface area contributed by atoms with Crippen molar-refractivity contribution >= 4 is 23.2 Å². The second kappa shape index (κ2) is 7.14. The Morgan fingerprint density at radius 2 is 2.04 bits per heavy atom. The molecular weight excluding hydrogens is 326 g/mol. The number of rotatable bonds is 4. The first kappa shape index (κ1) is 16.7. The summed E-state index contributed by atoms with van der Waals surface area (Å²) in [6.45, 7) is 5.04. The van der Waals surface area contributed by atoms with Gasteiger partial charge in [0.25, 0.3) is 0 Å². The van der Waals surface area contributed by atoms with Crippen LogP contribution in [0.25, 0.3) is 0 Å². The van der Waals surface area contributed by atoms with Gasteiger partial charge in [-0.15, -0.1) is 0 Å². The highest BCUT2D eigenvalue weighted by molar-refractivity contribution is 6.32. The van der Waals surface area contributed by atoms with E-state index in [1.165, 1.54) is 0 Å². The number of carbonyl (C=O) groups excluding carboxylic acids is 1. The zero-order valence-corrected chi connectivity index (χ0v) is 14.6. The first-order chi connectivity index (χ1) is 11.6. The van der Waals surface area contributed by atoms with Crippen LogP contribution in [0, 0.1) is 6.92 Å². The molecule has 0 atom stereocenters. The lowest BCUT2D eigenvalue weighted by Gasteiger charge is -2.20. The molecule has 0 unspecified atom stereocenters. The van der Waals surface area contributed by atoms with Crippen molar-refractivity contribution in [3.63, 3.8) is 0 Å². The summed E-state index contributed by atoms with van der Waals surface area (Å²) in [6, 6.07) is 9.61. The van der Waals surface area contributed by atoms with Crippen LogP contribution in [0.3, 0.4) is 0 Å². The van der Waals surface area contributed by atoms with E-state index in [1.54, 1.807) is 6.07 Å². The third kappa shape index (κ3) is 3.49. The molecular formula is C19H20ClNO3. The van der Waals surface area contributed by atoms with Crippen molar-refractivity contribution in [1.82, 2.24) is 0 Å². The highest BCUT2D eigenvalue weighted by atomic mass is 35.5. The van der Waals surface area contributed by atoms with E-state index in [1.807, 2.05) is 31.2 Å². The SMILES string of the molecule is CCc1cccc(C)c1NC(=O)Cc1cc(Cl)c2c(c1)OCCO2. The summed E-state index contributed by atoms with van der Waals surface area (Å²) < 4.78 is 11.1. The van der Waals surface area contributed by atoms with Crippen molar-refractivity contribution < 1.29 is 14.3 Å². The van der Waals surface area contributed by atoms with Gasteiger partial charge < -0.3 is 14.8 Å². The van der Waals surface area contributed by atoms with Gasteiger partial charge in [-0.3, -0.25) is 4.79 Å². The molecule has 5 heteroatoms. The molecule has 0 bridgehead atoms. The quantitative estimate of drug-likeness (QED) is 0.905. The van der Waals surface area contributed by atoms with Gasteiger partial charge >= 0.3 is 0 Å². The molecule has 0 fully saturated rings. The van der Waals surface area contributed by atoms with Crippen molar-refractivity contribution in [2.75, 3.05) is 18.5 Å². The van der Waals surface area contributed by atoms with Crippen LogP contribution in [0.15, 0.2) is 30.3 Å². The number of ether oxygens (including phenoxy) is 2. The topological polar surface area (TPSA) is 47.6 Å². The fourth-order valence-corrected chi connectivity index (χ4v) is 3.13. The molecule has 0 saturated carbocycles. The molecule has 3 rings (SSSR count). The molecule has 1 amide bonds. The van der Waals surface area contributed by atoms with Gasteiger partial charge in [0.2, 0.25) is 5.91 Å². The Kier molecular flexibility index (Phi) is 4.95. The van der Waals surface area contributed by atoms with Crippen LogP contribution in [-0.4, -0.2) is 19.1 Å². The van der Waals surface area contributed by atoms with Crippen molar-refractivity contribution in [2.45, 2.75) is 26.7 Å². The van der Waals surface area contributed by atoms with Crippen LogP contribution in [0.1, 0.15) is 23.6 Å². The van der Waals surface area contributed by atoms with Crippen LogP contribution in [0.4, 0.5) is 5.69 Å². The predicted octanol–water partition coefficient (Wildman–Crippen LogP) is 4.16. The van der Waals surface area contributed by atoms with E-state index >= 15 is 0 Å². The van der Waals surface area contributed by atoms with Gasteiger partial charge in [0.1, 0.15) is 13.2 Å². The Morgan fingerprint density at radius 3 is 2.83 bits per heavy atom. The maximum atomic E-state index is 12.5. The van der Waals surface area contributed by atoms with Crippen LogP contribution in [0.2, 0.25) is 5.02 Å². The van der Waals surface area contributed by atoms with E-state index in [2.05, 4.69) is 12.2 Å². The smallest absolute Gasteiger partial charge is 0.228 e. The number of para-hydroxylation sites is 1. The van der Waals surface area contributed by atoms with E-state index < -0.39 is 0 Å². The van der Waals surface area contributed by atoms with E-state index in [-0.39, 0.29) is 12.3 Å². The van der Waals surface area contributed by atoms with Crippen molar-refractivity contribution in [1.29, 1.82) is 0 Å². The van der Waals surface area contributed by atoms with Crippen LogP contribution >= 0.6 is 11.6 Å². The molecule has 1 N–H and O–H groups in total. The third-order valence-corrected chi connectivity index (χ3v) is 4.31. The normalized spacial score (nSPS) is 12.8. The second-order valence-corrected chi connectivity index (χ2v) is 6.20. The minimum atomic E-state index is -0.0771. The van der Waals surface area contributed by atoms with Crippen molar-refractivity contribution in [3.05, 3.63) is 52.0 Å². The zero-order valence-electron chi connectivity index (χ0n) is 13.8. The summed E-state index contributed by atoms with van der Waals surface area (Å²) in [5.74, 6) is 1.08. The Hall–Kier alpha value is -2.20. The van der Waals surface area contributed by atoms with E-state index in [0.29, 0.717) is 29.7 Å². The fraction of sp³-hybridized carbons (Fsp3) is 0.316. The van der Waals surface area contributed by atoms with Gasteiger partial charge in [0.05, 0.1) is 11.4 Å². The molecule has 2 aromatic carbocycles. The van der Waals surface area contributed by atoms with Gasteiger partial charge in [0, 0.05) is 5.69 Å². The maximum Gasteiger partial charge on any atom is 0.228 e. The molecule has 0 saturated heterocycles. The lowest BCUT2D eigenvalue weighted by atomic mass is 10.0. The Labute approximate surface area is 146 Å². The summed E-state index contributed by atoms with van der Waals surface area (Å²) in [5.41, 5.74) is 3.88. The minimum Gasteiger partial charge on any atom is -0.486 e. The molecule has 0 radical (unpaired) electrons. The van der Waals surface area contributed by atoms with Gasteiger partial charge in [0.15, 0.2) is 11.5 Å². The van der Waals surface area contributed by atoms with Crippen LogP contribution < -0.4 is 14.8 Å². The molecule has 0 aromatic heterocycles. The first-order valence-electron chi connectivity index (χ1n) is 8.05. The largest absolute Gasteiger partial charge is 0.486 e. The number of hydrogen-bond donors (Lipinski definition) is 1. The molecule has 24 heavy (non-hydrogen) atoms. The van der Waals surface area contributed by atoms with Crippen molar-refractivity contribution in [3.8, 4) is 11.5 Å². The van der Waals surface area contributed by atoms with Crippen molar-refractivity contribution in [2.24, 2.45) is 0 Å². The van der Waals surface area contributed by atoms with Gasteiger partial charge in [-0.2, -0.15) is 0 Å². The summed E-state index contributed by atoms with van der Waals surface area (Å²) in [7, 11) is 0. The Bertz CT molecular complexity index is 773. The summed E-state index contributed by atoms with van der Waals surface area (Å²) >= 11 is 6.23. The second-order valence-electron chi connectivity index (χ2n) is 5.79. The molecule has 0 aliphatic carbocycles. The average Bonchev–Trinajstić information content (AvgIpc) is 2.56. The van der Waals surface area contributed by atoms with Gasteiger partial charge in [-0.1, -0.05) is 36.7 Å². The Morgan fingerprint density at radius 1 is 1.25 bits per heavy atom. The molecule has 4 nitrogen and oxygen atoms in total. The number of hydrogen-bond acceptors (Lipinski definition) is 3. The molecule has 1 aliphatic heterocycles.